The zero-order valence-corrected chi connectivity index (χ0v) is 12.0. The summed E-state index contributed by atoms with van der Waals surface area (Å²) in [6.45, 7) is 4.25. The maximum Gasteiger partial charge on any atom is 0.257 e. The lowest BCUT2D eigenvalue weighted by Crippen LogP contribution is -2.31. The molecule has 0 bridgehead atoms. The van der Waals surface area contributed by atoms with Crippen LogP contribution >= 0.6 is 0 Å². The number of aromatic nitrogens is 5. The molecule has 1 aliphatic rings. The van der Waals surface area contributed by atoms with E-state index in [9.17, 15) is 0 Å². The first-order chi connectivity index (χ1) is 10.3. The van der Waals surface area contributed by atoms with Crippen molar-refractivity contribution in [3.8, 4) is 5.95 Å². The van der Waals surface area contributed by atoms with Gasteiger partial charge in [-0.2, -0.15) is 20.1 Å². The molecule has 2 N–H and O–H groups in total. The van der Waals surface area contributed by atoms with Crippen molar-refractivity contribution < 1.29 is 4.74 Å². The molecule has 1 atom stereocenters. The molecule has 3 rings (SSSR count). The van der Waals surface area contributed by atoms with Gasteiger partial charge in [-0.1, -0.05) is 0 Å². The summed E-state index contributed by atoms with van der Waals surface area (Å²) >= 11 is 0. The Morgan fingerprint density at radius 2 is 2.24 bits per heavy atom. The standard InChI is InChI=1S/C13H19N7O/c1-2-14-11-17-12(16-10-5-3-8-21-9-10)19-13(18-11)20-7-4-6-15-20/h4,6-7,10H,2-3,5,8-9H2,1H3,(H2,14,16,17,18,19). The quantitative estimate of drug-likeness (QED) is 0.851. The number of nitrogens with one attached hydrogen (secondary N) is 2. The Bertz CT molecular complexity index is 566. The second kappa shape index (κ2) is 6.49. The SMILES string of the molecule is CCNc1nc(NC2CCCOC2)nc(-n2cccn2)n1. The first-order valence-electron chi connectivity index (χ1n) is 7.19. The van der Waals surface area contributed by atoms with E-state index in [0.717, 1.165) is 26.0 Å². The van der Waals surface area contributed by atoms with Crippen LogP contribution in [0.3, 0.4) is 0 Å². The molecule has 1 unspecified atom stereocenters. The molecule has 21 heavy (non-hydrogen) atoms. The van der Waals surface area contributed by atoms with Crippen LogP contribution in [0, 0.1) is 0 Å². The zero-order chi connectivity index (χ0) is 14.5. The van der Waals surface area contributed by atoms with Gasteiger partial charge in [0.1, 0.15) is 0 Å². The summed E-state index contributed by atoms with van der Waals surface area (Å²) < 4.78 is 7.08. The molecule has 0 aromatic carbocycles. The van der Waals surface area contributed by atoms with Gasteiger partial charge in [0.15, 0.2) is 0 Å². The van der Waals surface area contributed by atoms with Crippen LogP contribution in [0.4, 0.5) is 11.9 Å². The van der Waals surface area contributed by atoms with Crippen LogP contribution in [-0.4, -0.2) is 50.5 Å². The monoisotopic (exact) mass is 289 g/mol. The van der Waals surface area contributed by atoms with Crippen LogP contribution in [0.25, 0.3) is 5.95 Å². The second-order valence-electron chi connectivity index (χ2n) is 4.82. The summed E-state index contributed by atoms with van der Waals surface area (Å²) in [5, 5.41) is 10.6. The van der Waals surface area contributed by atoms with E-state index in [1.54, 1.807) is 17.1 Å². The largest absolute Gasteiger partial charge is 0.379 e. The van der Waals surface area contributed by atoms with Gasteiger partial charge in [0, 0.05) is 25.5 Å². The highest BCUT2D eigenvalue weighted by Gasteiger charge is 2.16. The van der Waals surface area contributed by atoms with E-state index in [1.165, 1.54) is 0 Å². The third-order valence-corrected chi connectivity index (χ3v) is 3.16. The molecular weight excluding hydrogens is 270 g/mol. The van der Waals surface area contributed by atoms with Gasteiger partial charge in [0.05, 0.1) is 12.6 Å². The number of anilines is 2. The average Bonchev–Trinajstić information content (AvgIpc) is 3.03. The van der Waals surface area contributed by atoms with E-state index in [-0.39, 0.29) is 6.04 Å². The van der Waals surface area contributed by atoms with Crippen molar-refractivity contribution in [1.29, 1.82) is 0 Å². The first kappa shape index (κ1) is 13.7. The number of hydrogen-bond donors (Lipinski definition) is 2. The molecule has 0 radical (unpaired) electrons. The van der Waals surface area contributed by atoms with E-state index in [0.29, 0.717) is 24.5 Å². The Balaban J connectivity index is 1.84. The van der Waals surface area contributed by atoms with Gasteiger partial charge in [-0.3, -0.25) is 0 Å². The maximum atomic E-state index is 5.47. The fraction of sp³-hybridized carbons (Fsp3) is 0.538. The zero-order valence-electron chi connectivity index (χ0n) is 12.0. The number of rotatable bonds is 5. The summed E-state index contributed by atoms with van der Waals surface area (Å²) in [7, 11) is 0. The Morgan fingerprint density at radius 3 is 2.95 bits per heavy atom. The topological polar surface area (TPSA) is 89.8 Å². The van der Waals surface area contributed by atoms with Crippen molar-refractivity contribution in [3.63, 3.8) is 0 Å². The van der Waals surface area contributed by atoms with Gasteiger partial charge in [0.25, 0.3) is 5.95 Å². The highest BCUT2D eigenvalue weighted by molar-refractivity contribution is 5.38. The Morgan fingerprint density at radius 1 is 1.33 bits per heavy atom. The Labute approximate surface area is 123 Å². The van der Waals surface area contributed by atoms with E-state index < -0.39 is 0 Å². The predicted octanol–water partition coefficient (Wildman–Crippen LogP) is 1.08. The van der Waals surface area contributed by atoms with Gasteiger partial charge >= 0.3 is 0 Å². The molecule has 0 aliphatic carbocycles. The minimum absolute atomic E-state index is 0.237. The number of nitrogens with zero attached hydrogens (tertiary/aromatic N) is 5. The maximum absolute atomic E-state index is 5.47. The first-order valence-corrected chi connectivity index (χ1v) is 7.19. The van der Waals surface area contributed by atoms with E-state index >= 15 is 0 Å². The van der Waals surface area contributed by atoms with Crippen LogP contribution in [0.2, 0.25) is 0 Å². The molecule has 8 heteroatoms. The summed E-state index contributed by atoms with van der Waals surface area (Å²) in [5.74, 6) is 1.57. The lowest BCUT2D eigenvalue weighted by Gasteiger charge is -2.23. The number of hydrogen-bond acceptors (Lipinski definition) is 7. The molecule has 1 fully saturated rings. The van der Waals surface area contributed by atoms with Crippen molar-refractivity contribution in [3.05, 3.63) is 18.5 Å². The molecule has 112 valence electrons. The van der Waals surface area contributed by atoms with Gasteiger partial charge in [-0.15, -0.1) is 0 Å². The summed E-state index contributed by atoms with van der Waals surface area (Å²) in [4.78, 5) is 13.2. The molecule has 1 saturated heterocycles. The molecule has 2 aromatic heterocycles. The fourth-order valence-corrected chi connectivity index (χ4v) is 2.19. The lowest BCUT2D eigenvalue weighted by atomic mass is 10.1. The van der Waals surface area contributed by atoms with Crippen LogP contribution in [-0.2, 0) is 4.74 Å². The van der Waals surface area contributed by atoms with E-state index in [4.69, 9.17) is 4.74 Å². The molecule has 0 spiro atoms. The second-order valence-corrected chi connectivity index (χ2v) is 4.82. The highest BCUT2D eigenvalue weighted by atomic mass is 16.5. The lowest BCUT2D eigenvalue weighted by molar-refractivity contribution is 0.0874. The molecule has 8 nitrogen and oxygen atoms in total. The van der Waals surface area contributed by atoms with Crippen molar-refractivity contribution in [2.24, 2.45) is 0 Å². The molecule has 1 aliphatic heterocycles. The fourth-order valence-electron chi connectivity index (χ4n) is 2.19. The summed E-state index contributed by atoms with van der Waals surface area (Å²) in [6, 6.07) is 2.07. The van der Waals surface area contributed by atoms with Crippen molar-refractivity contribution >= 4 is 11.9 Å². The van der Waals surface area contributed by atoms with E-state index in [2.05, 4.69) is 30.7 Å². The number of ether oxygens (including phenoxy) is 1. The summed E-state index contributed by atoms with van der Waals surface area (Å²) in [6.07, 6.45) is 5.60. The normalized spacial score (nSPS) is 18.4. The van der Waals surface area contributed by atoms with Gasteiger partial charge in [-0.25, -0.2) is 4.68 Å². The third-order valence-electron chi connectivity index (χ3n) is 3.16. The highest BCUT2D eigenvalue weighted by Crippen LogP contribution is 2.13. The molecular formula is C13H19N7O. The third kappa shape index (κ3) is 3.46. The Kier molecular flexibility index (Phi) is 4.25. The molecule has 3 heterocycles. The molecule has 0 saturated carbocycles. The Hall–Kier alpha value is -2.22. The minimum atomic E-state index is 0.237. The van der Waals surface area contributed by atoms with Crippen molar-refractivity contribution in [2.75, 3.05) is 30.4 Å². The van der Waals surface area contributed by atoms with Crippen LogP contribution < -0.4 is 10.6 Å². The summed E-state index contributed by atoms with van der Waals surface area (Å²) in [5.41, 5.74) is 0. The molecule has 0 amide bonds. The smallest absolute Gasteiger partial charge is 0.257 e. The minimum Gasteiger partial charge on any atom is -0.379 e. The predicted molar refractivity (Wildman–Crippen MR) is 78.6 cm³/mol. The van der Waals surface area contributed by atoms with Crippen LogP contribution in [0.1, 0.15) is 19.8 Å². The van der Waals surface area contributed by atoms with Crippen molar-refractivity contribution in [1.82, 2.24) is 24.7 Å². The van der Waals surface area contributed by atoms with Gasteiger partial charge in [0.2, 0.25) is 11.9 Å². The van der Waals surface area contributed by atoms with E-state index in [1.807, 2.05) is 13.0 Å². The van der Waals surface area contributed by atoms with Gasteiger partial charge in [-0.05, 0) is 25.8 Å². The van der Waals surface area contributed by atoms with Crippen LogP contribution in [0.5, 0.6) is 0 Å². The van der Waals surface area contributed by atoms with Crippen LogP contribution in [0.15, 0.2) is 18.5 Å². The average molecular weight is 289 g/mol. The van der Waals surface area contributed by atoms with Crippen molar-refractivity contribution in [2.45, 2.75) is 25.8 Å². The van der Waals surface area contributed by atoms with Gasteiger partial charge < -0.3 is 15.4 Å². The molecule has 2 aromatic rings.